The van der Waals surface area contributed by atoms with E-state index >= 15 is 0 Å². The van der Waals surface area contributed by atoms with Gasteiger partial charge in [0.25, 0.3) is 0 Å². The van der Waals surface area contributed by atoms with Crippen molar-refractivity contribution >= 4 is 5.91 Å². The first-order chi connectivity index (χ1) is 9.15. The largest absolute Gasteiger partial charge is 0.355 e. The minimum atomic E-state index is -0.0767. The van der Waals surface area contributed by atoms with Crippen molar-refractivity contribution < 1.29 is 4.79 Å². The monoisotopic (exact) mass is 282 g/mol. The van der Waals surface area contributed by atoms with Crippen LogP contribution in [-0.2, 0) is 4.79 Å². The van der Waals surface area contributed by atoms with Crippen LogP contribution in [0.15, 0.2) is 0 Å². The molecule has 3 N–H and O–H groups in total. The predicted octanol–water partition coefficient (Wildman–Crippen LogP) is 3.47. The van der Waals surface area contributed by atoms with Crippen molar-refractivity contribution in [2.45, 2.75) is 79.2 Å². The summed E-state index contributed by atoms with van der Waals surface area (Å²) in [6.07, 6.45) is 6.79. The molecule has 1 atom stereocenters. The van der Waals surface area contributed by atoms with Crippen molar-refractivity contribution in [1.82, 2.24) is 5.32 Å². The van der Waals surface area contributed by atoms with E-state index in [4.69, 9.17) is 5.73 Å². The Balaban J connectivity index is 2.46. The fraction of sp³-hybridized carbons (Fsp3) is 0.941. The summed E-state index contributed by atoms with van der Waals surface area (Å²) in [6, 6.07) is -0.0767. The van der Waals surface area contributed by atoms with Crippen molar-refractivity contribution in [3.8, 4) is 0 Å². The second kappa shape index (κ2) is 6.93. The number of nitrogens with two attached hydrogens (primary N) is 1. The van der Waals surface area contributed by atoms with Crippen LogP contribution in [-0.4, -0.2) is 18.5 Å². The highest BCUT2D eigenvalue weighted by Gasteiger charge is 2.34. The van der Waals surface area contributed by atoms with Crippen LogP contribution < -0.4 is 11.1 Å². The number of rotatable bonds is 6. The molecular formula is C17H34N2O. The molecule has 0 aliphatic heterocycles. The Kier molecular flexibility index (Phi) is 6.06. The van der Waals surface area contributed by atoms with Gasteiger partial charge in [0.2, 0.25) is 5.91 Å². The van der Waals surface area contributed by atoms with Gasteiger partial charge in [-0.2, -0.15) is 0 Å². The first kappa shape index (κ1) is 17.5. The number of amides is 1. The van der Waals surface area contributed by atoms with Gasteiger partial charge < -0.3 is 11.1 Å². The van der Waals surface area contributed by atoms with Crippen LogP contribution in [0.5, 0.6) is 0 Å². The standard InChI is InChI=1S/C17H34N2O/c1-13(2)11-17(8-6-7-9-17)12-19-15(20)10-14(18)16(3,4)5/h13-14H,6-12,18H2,1-5H3,(H,19,20). The third-order valence-electron chi connectivity index (χ3n) is 4.68. The first-order valence-electron chi connectivity index (χ1n) is 8.17. The highest BCUT2D eigenvalue weighted by Crippen LogP contribution is 2.42. The van der Waals surface area contributed by atoms with Crippen LogP contribution in [0.3, 0.4) is 0 Å². The maximum Gasteiger partial charge on any atom is 0.221 e. The number of carbonyl (C=O) groups is 1. The highest BCUT2D eigenvalue weighted by molar-refractivity contribution is 5.76. The molecule has 1 unspecified atom stereocenters. The predicted molar refractivity (Wildman–Crippen MR) is 85.4 cm³/mol. The molecule has 1 fully saturated rings. The van der Waals surface area contributed by atoms with E-state index in [1.807, 2.05) is 0 Å². The van der Waals surface area contributed by atoms with Crippen molar-refractivity contribution in [2.75, 3.05) is 6.54 Å². The first-order valence-corrected chi connectivity index (χ1v) is 8.17. The zero-order chi connectivity index (χ0) is 15.4. The van der Waals surface area contributed by atoms with Crippen molar-refractivity contribution in [3.63, 3.8) is 0 Å². The van der Waals surface area contributed by atoms with Crippen molar-refractivity contribution in [1.29, 1.82) is 0 Å². The molecule has 1 saturated carbocycles. The van der Waals surface area contributed by atoms with Gasteiger partial charge in [0.15, 0.2) is 0 Å². The molecule has 20 heavy (non-hydrogen) atoms. The number of nitrogens with one attached hydrogen (secondary N) is 1. The lowest BCUT2D eigenvalue weighted by atomic mass is 9.78. The van der Waals surface area contributed by atoms with E-state index in [2.05, 4.69) is 39.9 Å². The van der Waals surface area contributed by atoms with E-state index in [0.717, 1.165) is 6.54 Å². The van der Waals surface area contributed by atoms with Gasteiger partial charge in [0.05, 0.1) is 0 Å². The molecule has 0 saturated heterocycles. The van der Waals surface area contributed by atoms with Crippen molar-refractivity contribution in [3.05, 3.63) is 0 Å². The fourth-order valence-corrected chi connectivity index (χ4v) is 3.31. The van der Waals surface area contributed by atoms with Gasteiger partial charge in [0.1, 0.15) is 0 Å². The second-order valence-corrected chi connectivity index (χ2v) is 8.26. The Labute approximate surface area is 125 Å². The maximum absolute atomic E-state index is 12.1. The van der Waals surface area contributed by atoms with Crippen LogP contribution >= 0.6 is 0 Å². The summed E-state index contributed by atoms with van der Waals surface area (Å²) >= 11 is 0. The topological polar surface area (TPSA) is 55.1 Å². The van der Waals surface area contributed by atoms with Gasteiger partial charge in [-0.05, 0) is 36.0 Å². The van der Waals surface area contributed by atoms with Gasteiger partial charge in [-0.15, -0.1) is 0 Å². The molecule has 1 aliphatic rings. The van der Waals surface area contributed by atoms with Crippen LogP contribution in [0.25, 0.3) is 0 Å². The van der Waals surface area contributed by atoms with E-state index in [1.165, 1.54) is 32.1 Å². The van der Waals surface area contributed by atoms with Gasteiger partial charge in [-0.25, -0.2) is 0 Å². The summed E-state index contributed by atoms with van der Waals surface area (Å²) in [7, 11) is 0. The Morgan fingerprint density at radius 2 is 1.80 bits per heavy atom. The third kappa shape index (κ3) is 5.43. The molecule has 118 valence electrons. The van der Waals surface area contributed by atoms with Gasteiger partial charge in [-0.1, -0.05) is 47.5 Å². The quantitative estimate of drug-likeness (QED) is 0.783. The lowest BCUT2D eigenvalue weighted by Gasteiger charge is -2.32. The van der Waals surface area contributed by atoms with Gasteiger partial charge in [-0.3, -0.25) is 4.79 Å². The smallest absolute Gasteiger partial charge is 0.221 e. The molecule has 0 aromatic rings. The molecule has 0 aromatic heterocycles. The molecule has 0 radical (unpaired) electrons. The summed E-state index contributed by atoms with van der Waals surface area (Å²) in [6.45, 7) is 11.6. The van der Waals surface area contributed by atoms with Crippen LogP contribution in [0, 0.1) is 16.7 Å². The molecule has 0 aromatic carbocycles. The Morgan fingerprint density at radius 1 is 1.25 bits per heavy atom. The number of hydrogen-bond acceptors (Lipinski definition) is 2. The average Bonchev–Trinajstić information content (AvgIpc) is 2.73. The summed E-state index contributed by atoms with van der Waals surface area (Å²) in [5, 5.41) is 3.15. The molecule has 0 heterocycles. The fourth-order valence-electron chi connectivity index (χ4n) is 3.31. The Bertz CT molecular complexity index is 311. The van der Waals surface area contributed by atoms with E-state index in [0.29, 0.717) is 17.8 Å². The van der Waals surface area contributed by atoms with Crippen LogP contribution in [0.4, 0.5) is 0 Å². The van der Waals surface area contributed by atoms with E-state index in [9.17, 15) is 4.79 Å². The average molecular weight is 282 g/mol. The van der Waals surface area contributed by atoms with Crippen LogP contribution in [0.2, 0.25) is 0 Å². The molecule has 3 nitrogen and oxygen atoms in total. The summed E-state index contributed by atoms with van der Waals surface area (Å²) in [4.78, 5) is 12.1. The van der Waals surface area contributed by atoms with Crippen molar-refractivity contribution in [2.24, 2.45) is 22.5 Å². The molecule has 3 heteroatoms. The third-order valence-corrected chi connectivity index (χ3v) is 4.68. The summed E-state index contributed by atoms with van der Waals surface area (Å²) < 4.78 is 0. The van der Waals surface area contributed by atoms with Gasteiger partial charge in [0, 0.05) is 19.0 Å². The lowest BCUT2D eigenvalue weighted by molar-refractivity contribution is -0.122. The normalized spacial score (nSPS) is 20.1. The Morgan fingerprint density at radius 3 is 2.25 bits per heavy atom. The minimum absolute atomic E-state index is 0.0136. The summed E-state index contributed by atoms with van der Waals surface area (Å²) in [5.74, 6) is 0.810. The van der Waals surface area contributed by atoms with E-state index in [1.54, 1.807) is 0 Å². The van der Waals surface area contributed by atoms with Crippen LogP contribution in [0.1, 0.15) is 73.1 Å². The van der Waals surface area contributed by atoms with E-state index < -0.39 is 0 Å². The molecule has 1 aliphatic carbocycles. The lowest BCUT2D eigenvalue weighted by Crippen LogP contribution is -2.43. The molecule has 1 rings (SSSR count). The molecule has 0 spiro atoms. The Hall–Kier alpha value is -0.570. The van der Waals surface area contributed by atoms with E-state index in [-0.39, 0.29) is 17.4 Å². The highest BCUT2D eigenvalue weighted by atomic mass is 16.1. The molecular weight excluding hydrogens is 248 g/mol. The number of carbonyl (C=O) groups excluding carboxylic acids is 1. The van der Waals surface area contributed by atoms with Gasteiger partial charge >= 0.3 is 0 Å². The molecule has 1 amide bonds. The SMILES string of the molecule is CC(C)CC1(CNC(=O)CC(N)C(C)(C)C)CCCC1. The summed E-state index contributed by atoms with van der Waals surface area (Å²) in [5.41, 5.74) is 6.42. The maximum atomic E-state index is 12.1. The second-order valence-electron chi connectivity index (χ2n) is 8.26. The molecule has 0 bridgehead atoms. The minimum Gasteiger partial charge on any atom is -0.355 e. The zero-order valence-electron chi connectivity index (χ0n) is 14.1. The zero-order valence-corrected chi connectivity index (χ0v) is 14.1. The number of hydrogen-bond donors (Lipinski definition) is 2.